The molecule has 0 saturated heterocycles. The maximum Gasteiger partial charge on any atom is 0.490 e. The average molecular weight is 685 g/mol. The lowest BCUT2D eigenvalue weighted by Crippen LogP contribution is -2.25. The van der Waals surface area contributed by atoms with Crippen LogP contribution in [0.5, 0.6) is 0 Å². The smallest absolute Gasteiger partial charge is 0.475 e. The molecule has 2 heterocycles. The van der Waals surface area contributed by atoms with Gasteiger partial charge in [0.05, 0.1) is 0 Å². The molecule has 0 atom stereocenters. The molecule has 0 fully saturated rings. The highest BCUT2D eigenvalue weighted by Gasteiger charge is 2.38. The van der Waals surface area contributed by atoms with Gasteiger partial charge in [0.15, 0.2) is 5.76 Å². The number of benzene rings is 3. The van der Waals surface area contributed by atoms with Crippen LogP contribution in [0, 0.1) is 0 Å². The quantitative estimate of drug-likeness (QED) is 0.129. The van der Waals surface area contributed by atoms with Gasteiger partial charge >= 0.3 is 18.2 Å². The summed E-state index contributed by atoms with van der Waals surface area (Å²) in [6, 6.07) is 26.6. The number of urea groups is 1. The van der Waals surface area contributed by atoms with Gasteiger partial charge in [-0.1, -0.05) is 41.4 Å². The molecular weight excluding hydrogens is 660 g/mol. The van der Waals surface area contributed by atoms with Crippen LogP contribution in [0.15, 0.2) is 108 Å². The Balaban J connectivity index is 0.000000644. The predicted octanol–water partition coefficient (Wildman–Crippen LogP) is 8.57. The highest BCUT2D eigenvalue weighted by Crippen LogP contribution is 2.35. The number of pyridine rings is 1. The lowest BCUT2D eigenvalue weighted by atomic mass is 10.0. The molecule has 242 valence electrons. The molecule has 5 aromatic rings. The minimum absolute atomic E-state index is 0.191. The molecule has 0 aliphatic heterocycles. The van der Waals surface area contributed by atoms with Gasteiger partial charge in [-0.15, -0.1) is 0 Å². The topological polar surface area (TPSA) is 134 Å². The van der Waals surface area contributed by atoms with E-state index in [0.29, 0.717) is 40.1 Å². The molecule has 3 aromatic carbocycles. The predicted molar refractivity (Wildman–Crippen MR) is 173 cm³/mol. The molecular formula is C33H25Cl2F3N4O5. The first-order valence-corrected chi connectivity index (χ1v) is 14.5. The summed E-state index contributed by atoms with van der Waals surface area (Å²) in [5, 5.41) is 16.8. The van der Waals surface area contributed by atoms with Crippen molar-refractivity contribution in [2.75, 3.05) is 17.2 Å². The monoisotopic (exact) mass is 684 g/mol. The van der Waals surface area contributed by atoms with Crippen molar-refractivity contribution in [3.63, 3.8) is 0 Å². The SMILES string of the molecule is O=C(Nc1ccc(-c2oc(C(=O)NCCc3cccc(Cl)c3)cc2-c2ccncc2)cc1)Nc1cccc(Cl)c1.O=C(O)C(F)(F)F. The molecule has 3 amide bonds. The summed E-state index contributed by atoms with van der Waals surface area (Å²) >= 11 is 12.0. The third-order valence-corrected chi connectivity index (χ3v) is 6.74. The van der Waals surface area contributed by atoms with Crippen molar-refractivity contribution in [3.8, 4) is 22.5 Å². The van der Waals surface area contributed by atoms with Crippen molar-refractivity contribution in [1.29, 1.82) is 0 Å². The summed E-state index contributed by atoms with van der Waals surface area (Å²) in [6.45, 7) is 0.428. The van der Waals surface area contributed by atoms with Gasteiger partial charge in [-0.3, -0.25) is 9.78 Å². The van der Waals surface area contributed by atoms with Gasteiger partial charge in [0.25, 0.3) is 5.91 Å². The fourth-order valence-electron chi connectivity index (χ4n) is 4.13. The van der Waals surface area contributed by atoms with Gasteiger partial charge in [0.2, 0.25) is 0 Å². The van der Waals surface area contributed by atoms with Crippen molar-refractivity contribution in [3.05, 3.63) is 125 Å². The molecule has 0 unspecified atom stereocenters. The maximum absolute atomic E-state index is 13.0. The number of carbonyl (C=O) groups excluding carboxylic acids is 2. The molecule has 0 spiro atoms. The molecule has 4 N–H and O–H groups in total. The Kier molecular flexibility index (Phi) is 11.6. The molecule has 0 aliphatic carbocycles. The van der Waals surface area contributed by atoms with E-state index in [9.17, 15) is 22.8 Å². The van der Waals surface area contributed by atoms with Crippen molar-refractivity contribution in [2.45, 2.75) is 12.6 Å². The van der Waals surface area contributed by atoms with Gasteiger partial charge in [0, 0.05) is 51.5 Å². The molecule has 0 aliphatic rings. The fraction of sp³-hybridized carbons (Fsp3) is 0.0909. The van der Waals surface area contributed by atoms with Crippen molar-refractivity contribution in [1.82, 2.24) is 10.3 Å². The zero-order valence-electron chi connectivity index (χ0n) is 24.1. The Labute approximate surface area is 276 Å². The number of nitrogens with one attached hydrogen (secondary N) is 3. The van der Waals surface area contributed by atoms with Gasteiger partial charge in [0.1, 0.15) is 5.76 Å². The van der Waals surface area contributed by atoms with E-state index in [1.807, 2.05) is 48.5 Å². The van der Waals surface area contributed by atoms with E-state index in [0.717, 1.165) is 22.3 Å². The van der Waals surface area contributed by atoms with E-state index < -0.39 is 18.2 Å². The fourth-order valence-corrected chi connectivity index (χ4v) is 4.53. The molecule has 0 saturated carbocycles. The number of aliphatic carboxylic acids is 1. The number of furan rings is 1. The van der Waals surface area contributed by atoms with E-state index in [2.05, 4.69) is 20.9 Å². The summed E-state index contributed by atoms with van der Waals surface area (Å²) in [4.78, 5) is 38.4. The van der Waals surface area contributed by atoms with Crippen LogP contribution in [0.4, 0.5) is 29.3 Å². The van der Waals surface area contributed by atoms with Crippen molar-refractivity contribution >= 4 is 52.5 Å². The second-order valence-corrected chi connectivity index (χ2v) is 10.6. The van der Waals surface area contributed by atoms with E-state index >= 15 is 0 Å². The van der Waals surface area contributed by atoms with E-state index in [4.69, 9.17) is 37.5 Å². The van der Waals surface area contributed by atoms with E-state index in [1.165, 1.54) is 0 Å². The molecule has 0 radical (unpaired) electrons. The molecule has 9 nitrogen and oxygen atoms in total. The highest BCUT2D eigenvalue weighted by molar-refractivity contribution is 6.31. The molecule has 2 aromatic heterocycles. The number of alkyl halides is 3. The average Bonchev–Trinajstić information content (AvgIpc) is 3.48. The number of carboxylic acid groups (broad SMARTS) is 1. The number of anilines is 2. The number of carbonyl (C=O) groups is 3. The minimum Gasteiger partial charge on any atom is -0.475 e. The highest BCUT2D eigenvalue weighted by atomic mass is 35.5. The Hall–Kier alpha value is -5.33. The zero-order valence-corrected chi connectivity index (χ0v) is 25.7. The van der Waals surface area contributed by atoms with Crippen molar-refractivity contribution < 1.29 is 37.1 Å². The van der Waals surface area contributed by atoms with Crippen LogP contribution in [-0.4, -0.2) is 40.7 Å². The Bertz CT molecular complexity index is 1850. The van der Waals surface area contributed by atoms with E-state index in [-0.39, 0.29) is 11.7 Å². The molecule has 5 rings (SSSR count). The lowest BCUT2D eigenvalue weighted by Gasteiger charge is -2.09. The number of amides is 3. The van der Waals surface area contributed by atoms with Crippen LogP contribution in [0.1, 0.15) is 16.1 Å². The number of aromatic nitrogens is 1. The second-order valence-electron chi connectivity index (χ2n) is 9.69. The van der Waals surface area contributed by atoms with E-state index in [1.54, 1.807) is 54.9 Å². The van der Waals surface area contributed by atoms with Gasteiger partial charge in [-0.2, -0.15) is 13.2 Å². The van der Waals surface area contributed by atoms with Crippen LogP contribution < -0.4 is 16.0 Å². The van der Waals surface area contributed by atoms with Crippen LogP contribution in [0.2, 0.25) is 10.0 Å². The zero-order chi connectivity index (χ0) is 34.0. The van der Waals surface area contributed by atoms with Crippen LogP contribution in [-0.2, 0) is 11.2 Å². The molecule has 14 heteroatoms. The Morgan fingerprint density at radius 1 is 0.787 bits per heavy atom. The van der Waals surface area contributed by atoms with Gasteiger partial charge in [-0.25, -0.2) is 9.59 Å². The van der Waals surface area contributed by atoms with Gasteiger partial charge < -0.3 is 25.5 Å². The summed E-state index contributed by atoms with van der Waals surface area (Å²) in [6.07, 6.45) is -1.08. The summed E-state index contributed by atoms with van der Waals surface area (Å²) in [7, 11) is 0. The number of hydrogen-bond donors (Lipinski definition) is 4. The first-order chi connectivity index (χ1) is 22.4. The first kappa shape index (κ1) is 34.5. The number of carboxylic acids is 1. The maximum atomic E-state index is 13.0. The summed E-state index contributed by atoms with van der Waals surface area (Å²) in [5.74, 6) is -2.36. The van der Waals surface area contributed by atoms with Crippen molar-refractivity contribution in [2.24, 2.45) is 0 Å². The largest absolute Gasteiger partial charge is 0.490 e. The first-order valence-electron chi connectivity index (χ1n) is 13.7. The minimum atomic E-state index is -5.08. The summed E-state index contributed by atoms with van der Waals surface area (Å²) < 4.78 is 37.8. The number of nitrogens with zero attached hydrogens (tertiary/aromatic N) is 1. The van der Waals surface area contributed by atoms with Gasteiger partial charge in [-0.05, 0) is 90.3 Å². The lowest BCUT2D eigenvalue weighted by molar-refractivity contribution is -0.192. The molecule has 47 heavy (non-hydrogen) atoms. The number of halogens is 5. The Morgan fingerprint density at radius 2 is 1.40 bits per heavy atom. The third kappa shape index (κ3) is 10.3. The van der Waals surface area contributed by atoms with Crippen LogP contribution >= 0.6 is 23.2 Å². The second kappa shape index (κ2) is 15.8. The summed E-state index contributed by atoms with van der Waals surface area (Å²) in [5.41, 5.74) is 4.54. The third-order valence-electron chi connectivity index (χ3n) is 6.27. The standard InChI is InChI=1S/C31H24Cl2N4O3.C2HF3O2/c32-23-4-1-3-20(17-23)11-16-35-30(38)28-19-27(21-12-14-34-15-13-21)29(40-28)22-7-9-25(10-8-22)36-31(39)37-26-6-2-5-24(33)18-26;3-2(4,5)1(6)7/h1-10,12-15,17-19H,11,16H2,(H,35,38)(H2,36,37,39);(H,6,7). The van der Waals surface area contributed by atoms with Crippen LogP contribution in [0.25, 0.3) is 22.5 Å². The number of rotatable bonds is 8. The van der Waals surface area contributed by atoms with Crippen LogP contribution in [0.3, 0.4) is 0 Å². The normalized spacial score (nSPS) is 10.7. The molecule has 0 bridgehead atoms. The number of hydrogen-bond acceptors (Lipinski definition) is 5. The Morgan fingerprint density at radius 3 is 2.02 bits per heavy atom.